The van der Waals surface area contributed by atoms with Crippen molar-refractivity contribution in [3.8, 4) is 0 Å². The first-order chi connectivity index (χ1) is 5.81. The van der Waals surface area contributed by atoms with E-state index in [0.29, 0.717) is 6.54 Å². The Bertz CT molecular complexity index is 276. The third-order valence-corrected chi connectivity index (χ3v) is 2.04. The molecule has 1 heteroatoms. The Balaban J connectivity index is 3.10. The summed E-state index contributed by atoms with van der Waals surface area (Å²) in [5.41, 5.74) is 9.28. The summed E-state index contributed by atoms with van der Waals surface area (Å²) in [6.07, 6.45) is 2.92. The Labute approximate surface area is 73.9 Å². The van der Waals surface area contributed by atoms with Gasteiger partial charge in [-0.2, -0.15) is 0 Å². The average Bonchev–Trinajstić information content (AvgIpc) is 2.16. The van der Waals surface area contributed by atoms with E-state index in [1.165, 1.54) is 16.7 Å². The van der Waals surface area contributed by atoms with Crippen LogP contribution in [0, 0.1) is 0 Å². The van der Waals surface area contributed by atoms with Crippen LogP contribution >= 0.6 is 0 Å². The topological polar surface area (TPSA) is 26.0 Å². The van der Waals surface area contributed by atoms with Crippen LogP contribution in [0.4, 0.5) is 0 Å². The van der Waals surface area contributed by atoms with E-state index in [4.69, 9.17) is 5.73 Å². The van der Waals surface area contributed by atoms with Crippen LogP contribution in [0.3, 0.4) is 0 Å². The Morgan fingerprint density at radius 3 is 2.75 bits per heavy atom. The zero-order valence-corrected chi connectivity index (χ0v) is 7.51. The lowest BCUT2D eigenvalue weighted by molar-refractivity contribution is 1.04. The fraction of sp³-hybridized carbons (Fsp3) is 0.273. The molecule has 64 valence electrons. The maximum atomic E-state index is 5.54. The number of rotatable bonds is 3. The molecule has 0 aliphatic rings. The molecular formula is C11H15N. The Kier molecular flexibility index (Phi) is 3.06. The summed E-state index contributed by atoms with van der Waals surface area (Å²) >= 11 is 0. The highest BCUT2D eigenvalue weighted by molar-refractivity contribution is 5.52. The summed E-state index contributed by atoms with van der Waals surface area (Å²) < 4.78 is 0. The van der Waals surface area contributed by atoms with Crippen molar-refractivity contribution in [1.82, 2.24) is 0 Å². The number of aryl methyl sites for hydroxylation is 1. The van der Waals surface area contributed by atoms with Crippen LogP contribution < -0.4 is 5.73 Å². The standard InChI is InChI=1S/C11H15N/c1-3-10-6-5-9(8-12)7-11(10)4-2/h3,5-7H,1,4,8,12H2,2H3. The van der Waals surface area contributed by atoms with E-state index >= 15 is 0 Å². The van der Waals surface area contributed by atoms with Crippen molar-refractivity contribution in [3.05, 3.63) is 41.5 Å². The molecule has 0 aliphatic heterocycles. The maximum Gasteiger partial charge on any atom is 0.0178 e. The molecule has 0 heterocycles. The average molecular weight is 161 g/mol. The molecule has 0 aliphatic carbocycles. The van der Waals surface area contributed by atoms with Gasteiger partial charge in [-0.25, -0.2) is 0 Å². The van der Waals surface area contributed by atoms with Crippen LogP contribution in [0.15, 0.2) is 24.8 Å². The molecule has 0 unspecified atom stereocenters. The first-order valence-electron chi connectivity index (χ1n) is 4.26. The second-order valence-electron chi connectivity index (χ2n) is 2.79. The zero-order valence-electron chi connectivity index (χ0n) is 7.51. The minimum absolute atomic E-state index is 0.615. The molecule has 2 N–H and O–H groups in total. The minimum Gasteiger partial charge on any atom is -0.326 e. The van der Waals surface area contributed by atoms with E-state index in [1.54, 1.807) is 0 Å². The monoisotopic (exact) mass is 161 g/mol. The van der Waals surface area contributed by atoms with Gasteiger partial charge in [0.1, 0.15) is 0 Å². The van der Waals surface area contributed by atoms with Gasteiger partial charge < -0.3 is 5.73 Å². The van der Waals surface area contributed by atoms with E-state index in [-0.39, 0.29) is 0 Å². The van der Waals surface area contributed by atoms with Crippen molar-refractivity contribution in [2.45, 2.75) is 19.9 Å². The van der Waals surface area contributed by atoms with Gasteiger partial charge in [-0.1, -0.05) is 37.8 Å². The largest absolute Gasteiger partial charge is 0.326 e. The molecule has 1 aromatic carbocycles. The number of nitrogens with two attached hydrogens (primary N) is 1. The van der Waals surface area contributed by atoms with Crippen LogP contribution in [0.2, 0.25) is 0 Å². The van der Waals surface area contributed by atoms with Crippen LogP contribution in [-0.2, 0) is 13.0 Å². The summed E-state index contributed by atoms with van der Waals surface area (Å²) in [6, 6.07) is 6.28. The summed E-state index contributed by atoms with van der Waals surface area (Å²) in [5, 5.41) is 0. The summed E-state index contributed by atoms with van der Waals surface area (Å²) in [7, 11) is 0. The first kappa shape index (κ1) is 9.01. The normalized spacial score (nSPS) is 9.83. The predicted octanol–water partition coefficient (Wildman–Crippen LogP) is 2.35. The first-order valence-corrected chi connectivity index (χ1v) is 4.26. The van der Waals surface area contributed by atoms with Crippen molar-refractivity contribution < 1.29 is 0 Å². The SMILES string of the molecule is C=Cc1ccc(CN)cc1CC. The lowest BCUT2D eigenvalue weighted by Crippen LogP contribution is -1.98. The van der Waals surface area contributed by atoms with E-state index < -0.39 is 0 Å². The smallest absolute Gasteiger partial charge is 0.0178 e. The maximum absolute atomic E-state index is 5.54. The fourth-order valence-electron chi connectivity index (χ4n) is 1.29. The molecule has 0 bridgehead atoms. The van der Waals surface area contributed by atoms with E-state index in [9.17, 15) is 0 Å². The van der Waals surface area contributed by atoms with Gasteiger partial charge in [0.05, 0.1) is 0 Å². The van der Waals surface area contributed by atoms with Crippen LogP contribution in [0.5, 0.6) is 0 Å². The summed E-state index contributed by atoms with van der Waals surface area (Å²) in [5.74, 6) is 0. The van der Waals surface area contributed by atoms with Crippen LogP contribution in [0.25, 0.3) is 6.08 Å². The molecular weight excluding hydrogens is 146 g/mol. The third kappa shape index (κ3) is 1.74. The molecule has 0 spiro atoms. The van der Waals surface area contributed by atoms with E-state index in [2.05, 4.69) is 31.7 Å². The van der Waals surface area contributed by atoms with Gasteiger partial charge in [0.25, 0.3) is 0 Å². The van der Waals surface area contributed by atoms with Gasteiger partial charge >= 0.3 is 0 Å². The molecule has 1 rings (SSSR count). The molecule has 0 saturated carbocycles. The Morgan fingerprint density at radius 1 is 1.50 bits per heavy atom. The highest BCUT2D eigenvalue weighted by atomic mass is 14.5. The molecule has 1 aromatic rings. The molecule has 0 saturated heterocycles. The molecule has 1 nitrogen and oxygen atoms in total. The minimum atomic E-state index is 0.615. The van der Waals surface area contributed by atoms with Crippen molar-refractivity contribution in [1.29, 1.82) is 0 Å². The van der Waals surface area contributed by atoms with Gasteiger partial charge in [0.2, 0.25) is 0 Å². The molecule has 12 heavy (non-hydrogen) atoms. The zero-order chi connectivity index (χ0) is 8.97. The summed E-state index contributed by atoms with van der Waals surface area (Å²) in [4.78, 5) is 0. The third-order valence-electron chi connectivity index (χ3n) is 2.04. The van der Waals surface area contributed by atoms with Crippen molar-refractivity contribution >= 4 is 6.08 Å². The number of hydrogen-bond donors (Lipinski definition) is 1. The highest BCUT2D eigenvalue weighted by Crippen LogP contribution is 2.13. The molecule has 0 atom stereocenters. The van der Waals surface area contributed by atoms with Crippen molar-refractivity contribution in [3.63, 3.8) is 0 Å². The molecule has 0 amide bonds. The van der Waals surface area contributed by atoms with E-state index in [0.717, 1.165) is 6.42 Å². The lowest BCUT2D eigenvalue weighted by Gasteiger charge is -2.05. The predicted molar refractivity (Wildman–Crippen MR) is 53.8 cm³/mol. The number of benzene rings is 1. The van der Waals surface area contributed by atoms with Gasteiger partial charge in [0, 0.05) is 6.54 Å². The van der Waals surface area contributed by atoms with E-state index in [1.807, 2.05) is 6.08 Å². The van der Waals surface area contributed by atoms with Crippen molar-refractivity contribution in [2.75, 3.05) is 0 Å². The number of hydrogen-bond acceptors (Lipinski definition) is 1. The van der Waals surface area contributed by atoms with Crippen LogP contribution in [0.1, 0.15) is 23.6 Å². The molecule has 0 aromatic heterocycles. The second kappa shape index (κ2) is 4.07. The lowest BCUT2D eigenvalue weighted by atomic mass is 10.0. The Morgan fingerprint density at radius 2 is 2.25 bits per heavy atom. The quantitative estimate of drug-likeness (QED) is 0.723. The van der Waals surface area contributed by atoms with Gasteiger partial charge in [0.15, 0.2) is 0 Å². The van der Waals surface area contributed by atoms with Crippen molar-refractivity contribution in [2.24, 2.45) is 5.73 Å². The molecule has 0 radical (unpaired) electrons. The molecule has 0 fully saturated rings. The Hall–Kier alpha value is -1.08. The van der Waals surface area contributed by atoms with Gasteiger partial charge in [-0.05, 0) is 23.1 Å². The second-order valence-corrected chi connectivity index (χ2v) is 2.79. The fourth-order valence-corrected chi connectivity index (χ4v) is 1.29. The highest BCUT2D eigenvalue weighted by Gasteiger charge is 1.97. The van der Waals surface area contributed by atoms with Gasteiger partial charge in [-0.3, -0.25) is 0 Å². The summed E-state index contributed by atoms with van der Waals surface area (Å²) in [6.45, 7) is 6.52. The van der Waals surface area contributed by atoms with Crippen LogP contribution in [-0.4, -0.2) is 0 Å². The van der Waals surface area contributed by atoms with Gasteiger partial charge in [-0.15, -0.1) is 0 Å².